The van der Waals surface area contributed by atoms with Gasteiger partial charge in [-0.05, 0) is 67.4 Å². The molecule has 0 aliphatic rings. The highest BCUT2D eigenvalue weighted by Crippen LogP contribution is 2.26. The molecule has 4 aromatic rings. The number of amides is 1. The second-order valence-electron chi connectivity index (χ2n) is 7.15. The third kappa shape index (κ3) is 4.81. The second kappa shape index (κ2) is 9.01. The molecule has 0 saturated carbocycles. The normalized spacial score (nSPS) is 10.7. The summed E-state index contributed by atoms with van der Waals surface area (Å²) in [5.74, 6) is 0.265. The highest BCUT2D eigenvalue weighted by molar-refractivity contribution is 7.99. The van der Waals surface area contributed by atoms with E-state index < -0.39 is 0 Å². The van der Waals surface area contributed by atoms with Gasteiger partial charge in [0.2, 0.25) is 5.91 Å². The standard InChI is InChI=1S/C25H23N3OS/c1-17-7-6-10-22-18(2)15-24(28-25(17)22)30-16-23(29)27-21-13-11-20(12-14-21)26-19-8-4-3-5-9-19/h3-15,26H,16H2,1-2H3,(H,27,29). The largest absolute Gasteiger partial charge is 0.356 e. The van der Waals surface area contributed by atoms with Crippen LogP contribution < -0.4 is 10.6 Å². The van der Waals surface area contributed by atoms with Crippen molar-refractivity contribution in [3.05, 3.63) is 90.0 Å². The van der Waals surface area contributed by atoms with E-state index in [0.717, 1.165) is 38.6 Å². The van der Waals surface area contributed by atoms with Crippen LogP contribution in [0.15, 0.2) is 83.9 Å². The van der Waals surface area contributed by atoms with Gasteiger partial charge in [0, 0.05) is 22.4 Å². The van der Waals surface area contributed by atoms with Gasteiger partial charge >= 0.3 is 0 Å². The maximum Gasteiger partial charge on any atom is 0.234 e. The second-order valence-corrected chi connectivity index (χ2v) is 8.15. The van der Waals surface area contributed by atoms with Crippen LogP contribution in [0.4, 0.5) is 17.1 Å². The molecule has 5 heteroatoms. The van der Waals surface area contributed by atoms with Gasteiger partial charge in [0.1, 0.15) is 0 Å². The molecule has 0 radical (unpaired) electrons. The van der Waals surface area contributed by atoms with Crippen LogP contribution >= 0.6 is 11.8 Å². The topological polar surface area (TPSA) is 54.0 Å². The van der Waals surface area contributed by atoms with Crippen LogP contribution in [-0.2, 0) is 4.79 Å². The molecular weight excluding hydrogens is 390 g/mol. The number of hydrogen-bond donors (Lipinski definition) is 2. The molecule has 4 rings (SSSR count). The summed E-state index contributed by atoms with van der Waals surface area (Å²) >= 11 is 1.45. The first-order valence-electron chi connectivity index (χ1n) is 9.80. The monoisotopic (exact) mass is 413 g/mol. The van der Waals surface area contributed by atoms with Gasteiger partial charge in [0.05, 0.1) is 16.3 Å². The summed E-state index contributed by atoms with van der Waals surface area (Å²) in [6.07, 6.45) is 0. The Labute approximate surface area is 180 Å². The van der Waals surface area contributed by atoms with Gasteiger partial charge in [-0.2, -0.15) is 0 Å². The lowest BCUT2D eigenvalue weighted by molar-refractivity contribution is -0.113. The quantitative estimate of drug-likeness (QED) is 0.363. The molecule has 4 nitrogen and oxygen atoms in total. The Morgan fingerprint density at radius 1 is 0.833 bits per heavy atom. The number of benzene rings is 3. The fourth-order valence-electron chi connectivity index (χ4n) is 3.27. The van der Waals surface area contributed by atoms with E-state index in [9.17, 15) is 4.79 Å². The number of nitrogens with zero attached hydrogens (tertiary/aromatic N) is 1. The molecule has 0 fully saturated rings. The number of carbonyl (C=O) groups excluding carboxylic acids is 1. The molecule has 2 N–H and O–H groups in total. The van der Waals surface area contributed by atoms with Crippen molar-refractivity contribution < 1.29 is 4.79 Å². The number of thioether (sulfide) groups is 1. The van der Waals surface area contributed by atoms with E-state index >= 15 is 0 Å². The molecule has 0 bridgehead atoms. The van der Waals surface area contributed by atoms with Crippen LogP contribution in [-0.4, -0.2) is 16.6 Å². The molecule has 30 heavy (non-hydrogen) atoms. The number of aryl methyl sites for hydroxylation is 2. The zero-order chi connectivity index (χ0) is 20.9. The molecule has 3 aromatic carbocycles. The molecule has 1 amide bonds. The fourth-order valence-corrected chi connectivity index (χ4v) is 4.03. The van der Waals surface area contributed by atoms with E-state index in [1.54, 1.807) is 0 Å². The third-order valence-corrected chi connectivity index (χ3v) is 5.72. The lowest BCUT2D eigenvalue weighted by Gasteiger charge is -2.10. The minimum atomic E-state index is -0.0481. The lowest BCUT2D eigenvalue weighted by atomic mass is 10.1. The number of para-hydroxylation sites is 2. The van der Waals surface area contributed by atoms with Gasteiger partial charge in [0.25, 0.3) is 0 Å². The average Bonchev–Trinajstić information content (AvgIpc) is 2.75. The van der Waals surface area contributed by atoms with Crippen LogP contribution in [0.25, 0.3) is 10.9 Å². The van der Waals surface area contributed by atoms with Crippen molar-refractivity contribution in [2.75, 3.05) is 16.4 Å². The maximum absolute atomic E-state index is 12.4. The highest BCUT2D eigenvalue weighted by atomic mass is 32.2. The molecule has 0 aliphatic carbocycles. The summed E-state index contributed by atoms with van der Waals surface area (Å²) in [7, 11) is 0. The van der Waals surface area contributed by atoms with Gasteiger partial charge in [-0.1, -0.05) is 48.2 Å². The highest BCUT2D eigenvalue weighted by Gasteiger charge is 2.08. The van der Waals surface area contributed by atoms with E-state index in [2.05, 4.69) is 36.6 Å². The van der Waals surface area contributed by atoms with Crippen molar-refractivity contribution in [1.29, 1.82) is 0 Å². The summed E-state index contributed by atoms with van der Waals surface area (Å²) in [6, 6.07) is 25.9. The first kappa shape index (κ1) is 20.0. The minimum Gasteiger partial charge on any atom is -0.356 e. The van der Waals surface area contributed by atoms with E-state index in [4.69, 9.17) is 4.98 Å². The summed E-state index contributed by atoms with van der Waals surface area (Å²) in [5, 5.41) is 8.31. The van der Waals surface area contributed by atoms with Gasteiger partial charge in [-0.25, -0.2) is 4.98 Å². The van der Waals surface area contributed by atoms with Gasteiger partial charge in [-0.3, -0.25) is 4.79 Å². The maximum atomic E-state index is 12.4. The third-order valence-electron chi connectivity index (χ3n) is 4.81. The zero-order valence-electron chi connectivity index (χ0n) is 17.0. The number of fused-ring (bicyclic) bond motifs is 1. The molecule has 1 aromatic heterocycles. The first-order chi connectivity index (χ1) is 14.6. The molecule has 0 spiro atoms. The zero-order valence-corrected chi connectivity index (χ0v) is 17.8. The summed E-state index contributed by atoms with van der Waals surface area (Å²) < 4.78 is 0. The molecule has 0 unspecified atom stereocenters. The summed E-state index contributed by atoms with van der Waals surface area (Å²) in [6.45, 7) is 4.14. The van der Waals surface area contributed by atoms with Gasteiger partial charge in [0.15, 0.2) is 0 Å². The van der Waals surface area contributed by atoms with Crippen molar-refractivity contribution in [3.63, 3.8) is 0 Å². The predicted octanol–water partition coefficient (Wildman–Crippen LogP) is 6.33. The number of nitrogens with one attached hydrogen (secondary N) is 2. The molecular formula is C25H23N3OS. The average molecular weight is 414 g/mol. The Balaban J connectivity index is 1.36. The SMILES string of the molecule is Cc1cc(SCC(=O)Nc2ccc(Nc3ccccc3)cc2)nc2c(C)cccc12. The Kier molecular flexibility index (Phi) is 6.00. The number of pyridine rings is 1. The van der Waals surface area contributed by atoms with E-state index in [0.29, 0.717) is 5.75 Å². The number of anilines is 3. The van der Waals surface area contributed by atoms with E-state index in [1.165, 1.54) is 17.3 Å². The van der Waals surface area contributed by atoms with Gasteiger partial charge < -0.3 is 10.6 Å². The fraction of sp³-hybridized carbons (Fsp3) is 0.120. The Morgan fingerprint density at radius 3 is 2.30 bits per heavy atom. The molecule has 150 valence electrons. The van der Waals surface area contributed by atoms with Crippen LogP contribution in [0, 0.1) is 13.8 Å². The van der Waals surface area contributed by atoms with Crippen LogP contribution in [0.2, 0.25) is 0 Å². The molecule has 1 heterocycles. The lowest BCUT2D eigenvalue weighted by Crippen LogP contribution is -2.14. The molecule has 0 saturated heterocycles. The van der Waals surface area contributed by atoms with Crippen molar-refractivity contribution in [1.82, 2.24) is 4.98 Å². The summed E-state index contributed by atoms with van der Waals surface area (Å²) in [4.78, 5) is 17.1. The van der Waals surface area contributed by atoms with Gasteiger partial charge in [-0.15, -0.1) is 0 Å². The van der Waals surface area contributed by atoms with Crippen LogP contribution in [0.3, 0.4) is 0 Å². The minimum absolute atomic E-state index is 0.0481. The van der Waals surface area contributed by atoms with Crippen LogP contribution in [0.1, 0.15) is 11.1 Å². The molecule has 0 aliphatic heterocycles. The predicted molar refractivity (Wildman–Crippen MR) is 127 cm³/mol. The Hall–Kier alpha value is -3.31. The van der Waals surface area contributed by atoms with Crippen molar-refractivity contribution in [2.45, 2.75) is 18.9 Å². The van der Waals surface area contributed by atoms with Crippen LogP contribution in [0.5, 0.6) is 0 Å². The van der Waals surface area contributed by atoms with E-state index in [-0.39, 0.29) is 5.91 Å². The smallest absolute Gasteiger partial charge is 0.234 e. The Bertz CT molecular complexity index is 1170. The van der Waals surface area contributed by atoms with Crippen molar-refractivity contribution in [3.8, 4) is 0 Å². The van der Waals surface area contributed by atoms with Crippen molar-refractivity contribution in [2.24, 2.45) is 0 Å². The number of carbonyl (C=O) groups is 1. The number of aromatic nitrogens is 1. The Morgan fingerprint density at radius 2 is 1.53 bits per heavy atom. The first-order valence-corrected chi connectivity index (χ1v) is 10.8. The number of rotatable bonds is 6. The molecule has 0 atom stereocenters. The van der Waals surface area contributed by atoms with E-state index in [1.807, 2.05) is 66.7 Å². The number of hydrogen-bond acceptors (Lipinski definition) is 4. The van der Waals surface area contributed by atoms with Crippen molar-refractivity contribution >= 4 is 45.6 Å². The summed E-state index contributed by atoms with van der Waals surface area (Å²) in [5.41, 5.74) is 6.10.